The maximum Gasteiger partial charge on any atom is 0.191 e. The van der Waals surface area contributed by atoms with Gasteiger partial charge in [0.05, 0.1) is 0 Å². The minimum atomic E-state index is -0.178. The molecule has 0 aromatic heterocycles. The average Bonchev–Trinajstić information content (AvgIpc) is 2.62. The molecule has 2 N–H and O–H groups in total. The normalized spacial score (nSPS) is 15.6. The molecule has 1 aliphatic heterocycles. The molecule has 0 amide bonds. The maximum absolute atomic E-state index is 13.0. The second kappa shape index (κ2) is 12.6. The molecule has 0 saturated carbocycles. The van der Waals surface area contributed by atoms with Crippen LogP contribution in [-0.2, 0) is 0 Å². The van der Waals surface area contributed by atoms with Crippen LogP contribution in [0.25, 0.3) is 0 Å². The number of guanidine groups is 1. The van der Waals surface area contributed by atoms with E-state index < -0.39 is 0 Å². The highest BCUT2D eigenvalue weighted by Crippen LogP contribution is 2.16. The highest BCUT2D eigenvalue weighted by Gasteiger charge is 2.16. The summed E-state index contributed by atoms with van der Waals surface area (Å²) in [5, 5.41) is 6.66. The second-order valence-electron chi connectivity index (χ2n) is 5.72. The first kappa shape index (κ1) is 22.3. The lowest BCUT2D eigenvalue weighted by atomic mass is 10.2. The van der Waals surface area contributed by atoms with Gasteiger partial charge in [0, 0.05) is 64.3 Å². The summed E-state index contributed by atoms with van der Waals surface area (Å²) in [6.45, 7) is 6.82. The van der Waals surface area contributed by atoms with Crippen molar-refractivity contribution in [1.82, 2.24) is 15.5 Å². The van der Waals surface area contributed by atoms with Gasteiger partial charge in [-0.05, 0) is 30.5 Å². The van der Waals surface area contributed by atoms with Crippen LogP contribution in [0.5, 0.6) is 0 Å². The Morgan fingerprint density at radius 2 is 1.76 bits per heavy atom. The largest absolute Gasteiger partial charge is 0.369 e. The Bertz CT molecular complexity index is 506. The third-order valence-electron chi connectivity index (χ3n) is 4.11. The Labute approximate surface area is 171 Å². The topological polar surface area (TPSA) is 42.9 Å². The molecule has 5 nitrogen and oxygen atoms in total. The Balaban J connectivity index is 0.00000312. The quantitative estimate of drug-likeness (QED) is 0.270. The van der Waals surface area contributed by atoms with Crippen molar-refractivity contribution in [2.24, 2.45) is 4.99 Å². The number of rotatable bonds is 7. The zero-order valence-corrected chi connectivity index (χ0v) is 18.1. The minimum absolute atomic E-state index is 0. The van der Waals surface area contributed by atoms with E-state index in [0.29, 0.717) is 0 Å². The second-order valence-corrected chi connectivity index (χ2v) is 6.71. The van der Waals surface area contributed by atoms with Crippen molar-refractivity contribution in [2.75, 3.05) is 69.8 Å². The Hall–Kier alpha value is -0.740. The van der Waals surface area contributed by atoms with Crippen LogP contribution < -0.4 is 15.5 Å². The molecule has 0 unspecified atom stereocenters. The van der Waals surface area contributed by atoms with E-state index in [1.54, 1.807) is 7.05 Å². The fourth-order valence-electron chi connectivity index (χ4n) is 2.71. The zero-order chi connectivity index (χ0) is 17.2. The van der Waals surface area contributed by atoms with E-state index in [0.717, 1.165) is 63.2 Å². The number of benzene rings is 1. The summed E-state index contributed by atoms with van der Waals surface area (Å²) in [7, 11) is 1.80. The van der Waals surface area contributed by atoms with Crippen LogP contribution in [-0.4, -0.2) is 75.7 Å². The predicted molar refractivity (Wildman–Crippen MR) is 118 cm³/mol. The Kier molecular flexibility index (Phi) is 11.2. The average molecular weight is 481 g/mol. The van der Waals surface area contributed by atoms with Gasteiger partial charge in [0.1, 0.15) is 5.82 Å². The van der Waals surface area contributed by atoms with Gasteiger partial charge in [-0.15, -0.1) is 24.0 Å². The van der Waals surface area contributed by atoms with Gasteiger partial charge in [-0.3, -0.25) is 9.89 Å². The van der Waals surface area contributed by atoms with Crippen LogP contribution in [0.4, 0.5) is 10.1 Å². The third-order valence-corrected chi connectivity index (χ3v) is 4.72. The van der Waals surface area contributed by atoms with Gasteiger partial charge in [-0.2, -0.15) is 11.8 Å². The molecule has 0 bridgehead atoms. The van der Waals surface area contributed by atoms with Gasteiger partial charge < -0.3 is 15.5 Å². The van der Waals surface area contributed by atoms with E-state index >= 15 is 0 Å². The lowest BCUT2D eigenvalue weighted by Gasteiger charge is -2.36. The summed E-state index contributed by atoms with van der Waals surface area (Å²) in [4.78, 5) is 8.99. The van der Waals surface area contributed by atoms with Crippen molar-refractivity contribution >= 4 is 47.4 Å². The molecule has 1 aliphatic rings. The van der Waals surface area contributed by atoms with E-state index in [2.05, 4.69) is 31.7 Å². The molecule has 0 spiro atoms. The molecule has 1 saturated heterocycles. The van der Waals surface area contributed by atoms with Crippen molar-refractivity contribution in [3.8, 4) is 0 Å². The highest BCUT2D eigenvalue weighted by atomic mass is 127. The van der Waals surface area contributed by atoms with Crippen molar-refractivity contribution < 1.29 is 4.39 Å². The molecule has 0 atom stereocenters. The molecular weight excluding hydrogens is 452 g/mol. The molecule has 0 aliphatic carbocycles. The van der Waals surface area contributed by atoms with Gasteiger partial charge >= 0.3 is 0 Å². The smallest absolute Gasteiger partial charge is 0.191 e. The lowest BCUT2D eigenvalue weighted by Crippen LogP contribution is -2.49. The number of piperazine rings is 1. The van der Waals surface area contributed by atoms with Gasteiger partial charge in [0.2, 0.25) is 0 Å². The number of halogens is 2. The van der Waals surface area contributed by atoms with Crippen molar-refractivity contribution in [2.45, 2.75) is 0 Å². The fraction of sp³-hybridized carbons (Fsp3) is 0.588. The molecule has 2 rings (SSSR count). The predicted octanol–water partition coefficient (Wildman–Crippen LogP) is 2.09. The van der Waals surface area contributed by atoms with Gasteiger partial charge in [-0.1, -0.05) is 0 Å². The fourth-order valence-corrected chi connectivity index (χ4v) is 3.01. The van der Waals surface area contributed by atoms with E-state index in [1.807, 2.05) is 23.9 Å². The summed E-state index contributed by atoms with van der Waals surface area (Å²) >= 11 is 1.82. The summed E-state index contributed by atoms with van der Waals surface area (Å²) < 4.78 is 13.0. The summed E-state index contributed by atoms with van der Waals surface area (Å²) in [6.07, 6.45) is 2.10. The summed E-state index contributed by atoms with van der Waals surface area (Å²) in [5.74, 6) is 1.77. The van der Waals surface area contributed by atoms with Gasteiger partial charge in [0.15, 0.2) is 5.96 Å². The molecule has 142 valence electrons. The summed E-state index contributed by atoms with van der Waals surface area (Å²) in [5.41, 5.74) is 1.10. The Morgan fingerprint density at radius 3 is 2.36 bits per heavy atom. The number of anilines is 1. The molecule has 1 heterocycles. The van der Waals surface area contributed by atoms with Crippen LogP contribution in [0.3, 0.4) is 0 Å². The molecule has 1 aromatic rings. The third kappa shape index (κ3) is 8.00. The number of hydrogen-bond donors (Lipinski definition) is 2. The van der Waals surface area contributed by atoms with Crippen molar-refractivity contribution in [3.63, 3.8) is 0 Å². The van der Waals surface area contributed by atoms with Crippen LogP contribution >= 0.6 is 35.7 Å². The van der Waals surface area contributed by atoms with Crippen LogP contribution in [0.2, 0.25) is 0 Å². The van der Waals surface area contributed by atoms with E-state index in [9.17, 15) is 4.39 Å². The molecule has 1 aromatic carbocycles. The van der Waals surface area contributed by atoms with Gasteiger partial charge in [-0.25, -0.2) is 4.39 Å². The Morgan fingerprint density at radius 1 is 1.12 bits per heavy atom. The number of nitrogens with one attached hydrogen (secondary N) is 2. The lowest BCUT2D eigenvalue weighted by molar-refractivity contribution is 0.261. The number of nitrogens with zero attached hydrogens (tertiary/aromatic N) is 3. The van der Waals surface area contributed by atoms with Crippen LogP contribution in [0.15, 0.2) is 29.3 Å². The standard InChI is InChI=1S/C17H28FN5S.HI/c1-19-17(21-8-14-24-2)20-7-9-22-10-12-23(13-11-22)16-5-3-15(18)4-6-16;/h3-6H,7-14H2,1-2H3,(H2,19,20,21);1H. The van der Waals surface area contributed by atoms with Crippen LogP contribution in [0.1, 0.15) is 0 Å². The molecule has 0 radical (unpaired) electrons. The maximum atomic E-state index is 13.0. The van der Waals surface area contributed by atoms with E-state index in [1.165, 1.54) is 12.1 Å². The number of hydrogen-bond acceptors (Lipinski definition) is 4. The highest BCUT2D eigenvalue weighted by molar-refractivity contribution is 14.0. The molecule has 1 fully saturated rings. The summed E-state index contributed by atoms with van der Waals surface area (Å²) in [6, 6.07) is 6.77. The monoisotopic (exact) mass is 481 g/mol. The zero-order valence-electron chi connectivity index (χ0n) is 15.0. The molecule has 25 heavy (non-hydrogen) atoms. The van der Waals surface area contributed by atoms with Crippen LogP contribution in [0, 0.1) is 5.82 Å². The molecule has 8 heteroatoms. The number of aliphatic imine (C=N–C) groups is 1. The number of thioether (sulfide) groups is 1. The van der Waals surface area contributed by atoms with Gasteiger partial charge in [0.25, 0.3) is 0 Å². The van der Waals surface area contributed by atoms with Crippen molar-refractivity contribution in [3.05, 3.63) is 30.1 Å². The first-order valence-electron chi connectivity index (χ1n) is 8.39. The van der Waals surface area contributed by atoms with E-state index in [-0.39, 0.29) is 29.8 Å². The first-order valence-corrected chi connectivity index (χ1v) is 9.78. The van der Waals surface area contributed by atoms with E-state index in [4.69, 9.17) is 0 Å². The SMILES string of the molecule is CN=C(NCCSC)NCCN1CCN(c2ccc(F)cc2)CC1.I. The van der Waals surface area contributed by atoms with Crippen molar-refractivity contribution in [1.29, 1.82) is 0 Å². The minimum Gasteiger partial charge on any atom is -0.369 e. The first-order chi connectivity index (χ1) is 11.7. The molecular formula is C17H29FIN5S.